The SMILES string of the molecule is CCCCn1c(=O)[nH]c(=O)c2c1nc(CSc1ncnc3sc(CC)cc13)n2CC. The van der Waals surface area contributed by atoms with Crippen molar-refractivity contribution in [3.63, 3.8) is 0 Å². The summed E-state index contributed by atoms with van der Waals surface area (Å²) in [5.41, 5.74) is 0.138. The van der Waals surface area contributed by atoms with Crippen molar-refractivity contribution in [2.24, 2.45) is 0 Å². The van der Waals surface area contributed by atoms with Gasteiger partial charge in [0.1, 0.15) is 22.0 Å². The Morgan fingerprint density at radius 2 is 2.00 bits per heavy atom. The van der Waals surface area contributed by atoms with Gasteiger partial charge in [0, 0.05) is 23.4 Å². The first kappa shape index (κ1) is 20.8. The number of nitrogens with zero attached hydrogens (tertiary/aromatic N) is 5. The second-order valence-corrected chi connectivity index (χ2v) is 9.04. The van der Waals surface area contributed by atoms with Gasteiger partial charge < -0.3 is 4.57 Å². The summed E-state index contributed by atoms with van der Waals surface area (Å²) in [5, 5.41) is 1.96. The zero-order chi connectivity index (χ0) is 21.3. The van der Waals surface area contributed by atoms with Gasteiger partial charge in [0.05, 0.1) is 5.75 Å². The summed E-state index contributed by atoms with van der Waals surface area (Å²) in [6.45, 7) is 7.31. The summed E-state index contributed by atoms with van der Waals surface area (Å²) < 4.78 is 3.47. The molecule has 4 aromatic rings. The number of rotatable bonds is 8. The van der Waals surface area contributed by atoms with Crippen molar-refractivity contribution < 1.29 is 0 Å². The minimum absolute atomic E-state index is 0.386. The van der Waals surface area contributed by atoms with Crippen LogP contribution in [-0.2, 0) is 25.3 Å². The first-order valence-corrected chi connectivity index (χ1v) is 12.0. The van der Waals surface area contributed by atoms with Crippen LogP contribution in [0.2, 0.25) is 0 Å². The molecule has 1 N–H and O–H groups in total. The van der Waals surface area contributed by atoms with E-state index in [1.807, 2.05) is 11.5 Å². The molecule has 0 spiro atoms. The fraction of sp³-hybridized carbons (Fsp3) is 0.450. The Bertz CT molecular complexity index is 1320. The number of fused-ring (bicyclic) bond motifs is 2. The molecule has 0 unspecified atom stereocenters. The molecule has 0 aliphatic carbocycles. The van der Waals surface area contributed by atoms with E-state index in [1.54, 1.807) is 34.0 Å². The molecule has 8 nitrogen and oxygen atoms in total. The lowest BCUT2D eigenvalue weighted by Gasteiger charge is -2.06. The molecular formula is C20H24N6O2S2. The highest BCUT2D eigenvalue weighted by Gasteiger charge is 2.18. The summed E-state index contributed by atoms with van der Waals surface area (Å²) in [7, 11) is 0. The number of aryl methyl sites for hydroxylation is 3. The first-order chi connectivity index (χ1) is 14.6. The average molecular weight is 445 g/mol. The van der Waals surface area contributed by atoms with Crippen LogP contribution in [0.3, 0.4) is 0 Å². The second kappa shape index (κ2) is 8.73. The zero-order valence-electron chi connectivity index (χ0n) is 17.3. The Morgan fingerprint density at radius 3 is 2.73 bits per heavy atom. The van der Waals surface area contributed by atoms with Crippen molar-refractivity contribution in [3.8, 4) is 0 Å². The van der Waals surface area contributed by atoms with Gasteiger partial charge in [-0.05, 0) is 25.8 Å². The highest BCUT2D eigenvalue weighted by Crippen LogP contribution is 2.32. The van der Waals surface area contributed by atoms with E-state index in [0.717, 1.165) is 40.3 Å². The zero-order valence-corrected chi connectivity index (χ0v) is 18.9. The van der Waals surface area contributed by atoms with Gasteiger partial charge in [-0.3, -0.25) is 14.3 Å². The Morgan fingerprint density at radius 1 is 1.17 bits per heavy atom. The number of aromatic amines is 1. The Balaban J connectivity index is 1.74. The summed E-state index contributed by atoms with van der Waals surface area (Å²) in [4.78, 5) is 43.2. The van der Waals surface area contributed by atoms with E-state index in [-0.39, 0.29) is 5.56 Å². The van der Waals surface area contributed by atoms with Crippen LogP contribution in [0.4, 0.5) is 0 Å². The Labute approximate surface area is 181 Å². The Kier molecular flexibility index (Phi) is 6.05. The maximum absolute atomic E-state index is 12.5. The molecule has 0 fully saturated rings. The van der Waals surface area contributed by atoms with Gasteiger partial charge in [-0.15, -0.1) is 11.3 Å². The van der Waals surface area contributed by atoms with Gasteiger partial charge in [0.2, 0.25) is 0 Å². The molecule has 10 heteroatoms. The molecule has 158 valence electrons. The van der Waals surface area contributed by atoms with Gasteiger partial charge in [0.15, 0.2) is 11.2 Å². The number of hydrogen-bond acceptors (Lipinski definition) is 7. The Hall–Kier alpha value is -2.46. The molecule has 0 aliphatic rings. The molecular weight excluding hydrogens is 420 g/mol. The van der Waals surface area contributed by atoms with E-state index < -0.39 is 5.69 Å². The maximum atomic E-state index is 12.5. The molecule has 4 aromatic heterocycles. The van der Waals surface area contributed by atoms with Gasteiger partial charge in [-0.2, -0.15) is 0 Å². The van der Waals surface area contributed by atoms with Gasteiger partial charge in [-0.25, -0.2) is 19.7 Å². The number of aromatic nitrogens is 6. The van der Waals surface area contributed by atoms with E-state index >= 15 is 0 Å². The lowest BCUT2D eigenvalue weighted by atomic mass is 10.3. The van der Waals surface area contributed by atoms with Crippen LogP contribution in [0.15, 0.2) is 27.0 Å². The fourth-order valence-electron chi connectivity index (χ4n) is 3.50. The molecule has 0 aliphatic heterocycles. The molecule has 30 heavy (non-hydrogen) atoms. The number of H-pyrrole nitrogens is 1. The van der Waals surface area contributed by atoms with Crippen molar-refractivity contribution in [1.82, 2.24) is 29.1 Å². The van der Waals surface area contributed by atoms with Crippen LogP contribution in [0.5, 0.6) is 0 Å². The van der Waals surface area contributed by atoms with Crippen LogP contribution in [0.25, 0.3) is 21.4 Å². The van der Waals surface area contributed by atoms with Gasteiger partial charge >= 0.3 is 5.69 Å². The van der Waals surface area contributed by atoms with Crippen molar-refractivity contribution in [1.29, 1.82) is 0 Å². The molecule has 4 rings (SSSR count). The molecule has 0 aromatic carbocycles. The van der Waals surface area contributed by atoms with E-state index in [1.165, 1.54) is 4.88 Å². The largest absolute Gasteiger partial charge is 0.330 e. The molecule has 0 amide bonds. The first-order valence-electron chi connectivity index (χ1n) is 10.2. The minimum Gasteiger partial charge on any atom is -0.322 e. The van der Waals surface area contributed by atoms with Gasteiger partial charge in [0.25, 0.3) is 5.56 Å². The lowest BCUT2D eigenvalue weighted by Crippen LogP contribution is -2.31. The van der Waals surface area contributed by atoms with Crippen LogP contribution in [0, 0.1) is 0 Å². The highest BCUT2D eigenvalue weighted by atomic mass is 32.2. The second-order valence-electron chi connectivity index (χ2n) is 6.96. The molecule has 0 saturated carbocycles. The van der Waals surface area contributed by atoms with Crippen molar-refractivity contribution in [2.45, 2.75) is 63.9 Å². The topological polar surface area (TPSA) is 98.5 Å². The van der Waals surface area contributed by atoms with E-state index in [9.17, 15) is 9.59 Å². The third-order valence-corrected chi connectivity index (χ3v) is 7.24. The van der Waals surface area contributed by atoms with Gasteiger partial charge in [-0.1, -0.05) is 32.0 Å². The van der Waals surface area contributed by atoms with Crippen LogP contribution < -0.4 is 11.2 Å². The molecule has 0 bridgehead atoms. The van der Waals surface area contributed by atoms with Crippen LogP contribution >= 0.6 is 23.1 Å². The third-order valence-electron chi connectivity index (χ3n) is 5.05. The smallest absolute Gasteiger partial charge is 0.322 e. The van der Waals surface area contributed by atoms with Crippen molar-refractivity contribution >= 4 is 44.5 Å². The molecule has 0 radical (unpaired) electrons. The number of unbranched alkanes of at least 4 members (excludes halogenated alkanes) is 1. The quantitative estimate of drug-likeness (QED) is 0.330. The lowest BCUT2D eigenvalue weighted by molar-refractivity contribution is 0.613. The normalized spacial score (nSPS) is 11.7. The third kappa shape index (κ3) is 3.69. The monoisotopic (exact) mass is 444 g/mol. The van der Waals surface area contributed by atoms with E-state index in [0.29, 0.717) is 30.0 Å². The molecule has 0 saturated heterocycles. The van der Waals surface area contributed by atoms with Crippen molar-refractivity contribution in [2.75, 3.05) is 0 Å². The van der Waals surface area contributed by atoms with Crippen molar-refractivity contribution in [3.05, 3.63) is 43.9 Å². The maximum Gasteiger partial charge on any atom is 0.330 e. The highest BCUT2D eigenvalue weighted by molar-refractivity contribution is 7.98. The van der Waals surface area contributed by atoms with E-state index in [2.05, 4.69) is 34.9 Å². The predicted octanol–water partition coefficient (Wildman–Crippen LogP) is 3.57. The number of nitrogens with one attached hydrogen (secondary N) is 1. The minimum atomic E-state index is -0.399. The summed E-state index contributed by atoms with van der Waals surface area (Å²) in [6.07, 6.45) is 4.36. The van der Waals surface area contributed by atoms with E-state index in [4.69, 9.17) is 4.98 Å². The number of thiophene rings is 1. The fourth-order valence-corrected chi connectivity index (χ4v) is 5.42. The summed E-state index contributed by atoms with van der Waals surface area (Å²) in [6, 6.07) is 2.15. The summed E-state index contributed by atoms with van der Waals surface area (Å²) >= 11 is 3.27. The summed E-state index contributed by atoms with van der Waals surface area (Å²) in [5.74, 6) is 1.31. The predicted molar refractivity (Wildman–Crippen MR) is 122 cm³/mol. The number of hydrogen-bond donors (Lipinski definition) is 1. The number of imidazole rings is 1. The molecule has 0 atom stereocenters. The average Bonchev–Trinajstić information content (AvgIpc) is 3.33. The van der Waals surface area contributed by atoms with Crippen LogP contribution in [-0.4, -0.2) is 29.1 Å². The number of thioether (sulfide) groups is 1. The standard InChI is InChI=1S/C20H24N6O2S2/c1-4-7-8-26-16-15(17(27)24-20(26)28)25(6-3)14(23-16)10-29-18-13-9-12(5-2)30-19(13)22-11-21-18/h9,11H,4-8,10H2,1-3H3,(H,24,27,28). The van der Waals surface area contributed by atoms with Crippen LogP contribution in [0.1, 0.15) is 44.3 Å². The molecule has 4 heterocycles.